The van der Waals surface area contributed by atoms with Gasteiger partial charge in [-0.1, -0.05) is 46.6 Å². The SMILES string of the molecule is O=Cc1c(Cl)ncnc1Sc1cc(Cl)ccc1Cl. The van der Waals surface area contributed by atoms with Crippen LogP contribution in [0.1, 0.15) is 10.4 Å². The fourth-order valence-corrected chi connectivity index (χ4v) is 2.82. The Balaban J connectivity index is 2.43. The molecule has 0 aliphatic rings. The van der Waals surface area contributed by atoms with Crippen LogP contribution >= 0.6 is 46.6 Å². The molecule has 0 spiro atoms. The molecule has 1 heterocycles. The van der Waals surface area contributed by atoms with E-state index in [0.717, 1.165) is 0 Å². The quantitative estimate of drug-likeness (QED) is 0.621. The molecular formula is C11H5Cl3N2OS. The molecule has 0 N–H and O–H groups in total. The number of carbonyl (C=O) groups is 1. The summed E-state index contributed by atoms with van der Waals surface area (Å²) in [5.74, 6) is 0. The highest BCUT2D eigenvalue weighted by molar-refractivity contribution is 7.99. The van der Waals surface area contributed by atoms with Crippen LogP contribution in [0.4, 0.5) is 0 Å². The van der Waals surface area contributed by atoms with Crippen LogP contribution in [0.2, 0.25) is 15.2 Å². The highest BCUT2D eigenvalue weighted by atomic mass is 35.5. The molecule has 92 valence electrons. The van der Waals surface area contributed by atoms with Gasteiger partial charge in [0.2, 0.25) is 0 Å². The van der Waals surface area contributed by atoms with Crippen LogP contribution in [0.15, 0.2) is 34.4 Å². The topological polar surface area (TPSA) is 42.9 Å². The molecule has 0 amide bonds. The second-order valence-corrected chi connectivity index (χ2v) is 5.41. The van der Waals surface area contributed by atoms with Crippen molar-refractivity contribution in [3.8, 4) is 0 Å². The standard InChI is InChI=1S/C11H5Cl3N2OS/c12-6-1-2-8(13)9(3-6)18-11-7(4-17)10(14)15-5-16-11/h1-5H. The molecule has 0 unspecified atom stereocenters. The molecule has 0 saturated heterocycles. The van der Waals surface area contributed by atoms with Gasteiger partial charge in [0, 0.05) is 9.92 Å². The van der Waals surface area contributed by atoms with Gasteiger partial charge in [-0.15, -0.1) is 0 Å². The fraction of sp³-hybridized carbons (Fsp3) is 0. The monoisotopic (exact) mass is 318 g/mol. The summed E-state index contributed by atoms with van der Waals surface area (Å²) in [6.07, 6.45) is 1.90. The van der Waals surface area contributed by atoms with Crippen molar-refractivity contribution in [1.82, 2.24) is 9.97 Å². The van der Waals surface area contributed by atoms with Gasteiger partial charge in [0.25, 0.3) is 0 Å². The fourth-order valence-electron chi connectivity index (χ4n) is 1.20. The molecule has 1 aromatic heterocycles. The minimum absolute atomic E-state index is 0.112. The van der Waals surface area contributed by atoms with Crippen molar-refractivity contribution in [2.24, 2.45) is 0 Å². The zero-order valence-corrected chi connectivity index (χ0v) is 11.8. The van der Waals surface area contributed by atoms with Crippen LogP contribution in [0.3, 0.4) is 0 Å². The van der Waals surface area contributed by atoms with Crippen LogP contribution in [0, 0.1) is 0 Å². The lowest BCUT2D eigenvalue weighted by Crippen LogP contribution is -1.93. The van der Waals surface area contributed by atoms with Crippen LogP contribution in [0.25, 0.3) is 0 Å². The predicted octanol–water partition coefficient (Wildman–Crippen LogP) is 4.40. The molecule has 0 atom stereocenters. The number of aromatic nitrogens is 2. The van der Waals surface area contributed by atoms with E-state index in [0.29, 0.717) is 26.3 Å². The number of aldehydes is 1. The van der Waals surface area contributed by atoms with E-state index in [-0.39, 0.29) is 10.7 Å². The molecule has 0 radical (unpaired) electrons. The number of hydrogen-bond acceptors (Lipinski definition) is 4. The lowest BCUT2D eigenvalue weighted by atomic mass is 10.4. The van der Waals surface area contributed by atoms with E-state index in [1.807, 2.05) is 0 Å². The molecule has 2 aromatic rings. The molecule has 0 bridgehead atoms. The first kappa shape index (κ1) is 13.6. The van der Waals surface area contributed by atoms with Crippen LogP contribution in [-0.2, 0) is 0 Å². The molecule has 1 aromatic carbocycles. The minimum Gasteiger partial charge on any atom is -0.298 e. The first-order valence-corrected chi connectivity index (χ1v) is 6.65. The van der Waals surface area contributed by atoms with Gasteiger partial charge in [-0.2, -0.15) is 0 Å². The summed E-state index contributed by atoms with van der Waals surface area (Å²) in [4.78, 5) is 19.4. The van der Waals surface area contributed by atoms with E-state index < -0.39 is 0 Å². The Kier molecular flexibility index (Phi) is 4.45. The summed E-state index contributed by atoms with van der Waals surface area (Å²) in [7, 11) is 0. The number of nitrogens with zero attached hydrogens (tertiary/aromatic N) is 2. The van der Waals surface area contributed by atoms with E-state index in [2.05, 4.69) is 9.97 Å². The van der Waals surface area contributed by atoms with Gasteiger partial charge in [0.05, 0.1) is 10.6 Å². The third kappa shape index (κ3) is 2.95. The summed E-state index contributed by atoms with van der Waals surface area (Å²) < 4.78 is 0. The van der Waals surface area contributed by atoms with Gasteiger partial charge in [0.15, 0.2) is 6.29 Å². The van der Waals surface area contributed by atoms with E-state index in [9.17, 15) is 4.79 Å². The van der Waals surface area contributed by atoms with Crippen molar-refractivity contribution in [2.45, 2.75) is 9.92 Å². The predicted molar refractivity (Wildman–Crippen MR) is 73.0 cm³/mol. The second-order valence-electron chi connectivity index (χ2n) is 3.18. The summed E-state index contributed by atoms with van der Waals surface area (Å²) in [5, 5.41) is 1.63. The molecular weight excluding hydrogens is 315 g/mol. The summed E-state index contributed by atoms with van der Waals surface area (Å²) in [6, 6.07) is 5.05. The number of hydrogen-bond donors (Lipinski definition) is 0. The van der Waals surface area contributed by atoms with Gasteiger partial charge in [-0.3, -0.25) is 4.79 Å². The maximum absolute atomic E-state index is 11.0. The number of carbonyl (C=O) groups excluding carboxylic acids is 1. The number of rotatable bonds is 3. The molecule has 0 fully saturated rings. The number of halogens is 3. The molecule has 3 nitrogen and oxygen atoms in total. The first-order valence-electron chi connectivity index (χ1n) is 4.70. The van der Waals surface area contributed by atoms with Gasteiger partial charge < -0.3 is 0 Å². The van der Waals surface area contributed by atoms with E-state index >= 15 is 0 Å². The van der Waals surface area contributed by atoms with Gasteiger partial charge in [-0.05, 0) is 18.2 Å². The Morgan fingerprint density at radius 2 is 1.94 bits per heavy atom. The lowest BCUT2D eigenvalue weighted by molar-refractivity contribution is 0.112. The Bertz CT molecular complexity index is 607. The number of benzene rings is 1. The van der Waals surface area contributed by atoms with Gasteiger partial charge in [0.1, 0.15) is 16.5 Å². The zero-order chi connectivity index (χ0) is 13.1. The molecule has 7 heteroatoms. The van der Waals surface area contributed by atoms with E-state index in [4.69, 9.17) is 34.8 Å². The maximum Gasteiger partial charge on any atom is 0.155 e. The minimum atomic E-state index is 0.112. The highest BCUT2D eigenvalue weighted by Gasteiger charge is 2.12. The molecule has 0 aliphatic heterocycles. The Morgan fingerprint density at radius 1 is 1.17 bits per heavy atom. The third-order valence-corrected chi connectivity index (χ3v) is 4.07. The highest BCUT2D eigenvalue weighted by Crippen LogP contribution is 2.36. The van der Waals surface area contributed by atoms with Gasteiger partial charge >= 0.3 is 0 Å². The van der Waals surface area contributed by atoms with E-state index in [1.165, 1.54) is 18.1 Å². The Hall–Kier alpha value is -0.810. The molecule has 0 aliphatic carbocycles. The largest absolute Gasteiger partial charge is 0.298 e. The van der Waals surface area contributed by atoms with Crippen molar-refractivity contribution in [3.63, 3.8) is 0 Å². The molecule has 0 saturated carbocycles. The van der Waals surface area contributed by atoms with Crippen LogP contribution < -0.4 is 0 Å². The van der Waals surface area contributed by atoms with Crippen molar-refractivity contribution < 1.29 is 4.79 Å². The van der Waals surface area contributed by atoms with Gasteiger partial charge in [-0.25, -0.2) is 9.97 Å². The average Bonchev–Trinajstić information content (AvgIpc) is 2.34. The van der Waals surface area contributed by atoms with Crippen molar-refractivity contribution in [1.29, 1.82) is 0 Å². The summed E-state index contributed by atoms with van der Waals surface area (Å²) in [5.41, 5.74) is 0.236. The summed E-state index contributed by atoms with van der Waals surface area (Å²) >= 11 is 18.9. The van der Waals surface area contributed by atoms with E-state index in [1.54, 1.807) is 18.2 Å². The average molecular weight is 320 g/mol. The van der Waals surface area contributed by atoms with Crippen molar-refractivity contribution in [3.05, 3.63) is 45.3 Å². The Labute approximate surface area is 122 Å². The first-order chi connectivity index (χ1) is 8.61. The normalized spacial score (nSPS) is 10.4. The van der Waals surface area contributed by atoms with Crippen molar-refractivity contribution in [2.75, 3.05) is 0 Å². The van der Waals surface area contributed by atoms with Crippen LogP contribution in [-0.4, -0.2) is 16.3 Å². The lowest BCUT2D eigenvalue weighted by Gasteiger charge is -2.06. The third-order valence-electron chi connectivity index (χ3n) is 2.02. The summed E-state index contributed by atoms with van der Waals surface area (Å²) in [6.45, 7) is 0. The molecule has 18 heavy (non-hydrogen) atoms. The smallest absolute Gasteiger partial charge is 0.155 e. The second kappa shape index (κ2) is 5.89. The zero-order valence-electron chi connectivity index (χ0n) is 8.73. The maximum atomic E-state index is 11.0. The van der Waals surface area contributed by atoms with Crippen molar-refractivity contribution >= 4 is 52.9 Å². The Morgan fingerprint density at radius 3 is 2.67 bits per heavy atom. The molecule has 2 rings (SSSR count). The van der Waals surface area contributed by atoms with Crippen LogP contribution in [0.5, 0.6) is 0 Å².